The van der Waals surface area contributed by atoms with Crippen molar-refractivity contribution in [2.45, 2.75) is 6.92 Å². The van der Waals surface area contributed by atoms with Crippen LogP contribution in [0, 0.1) is 17.0 Å². The highest BCUT2D eigenvalue weighted by Gasteiger charge is 2.22. The molecule has 2 aromatic carbocycles. The van der Waals surface area contributed by atoms with Gasteiger partial charge in [0.1, 0.15) is 5.69 Å². The van der Waals surface area contributed by atoms with E-state index in [1.807, 2.05) is 6.07 Å². The molecule has 0 saturated heterocycles. The first-order valence-corrected chi connectivity index (χ1v) is 6.09. The zero-order valence-corrected chi connectivity index (χ0v) is 11.2. The molecule has 0 heterocycles. The zero-order chi connectivity index (χ0) is 14.7. The van der Waals surface area contributed by atoms with Crippen molar-refractivity contribution < 1.29 is 9.72 Å². The highest BCUT2D eigenvalue weighted by atomic mass is 16.6. The molecule has 0 aliphatic rings. The minimum Gasteiger partial charge on any atom is -0.305 e. The van der Waals surface area contributed by atoms with E-state index in [2.05, 4.69) is 0 Å². The van der Waals surface area contributed by atoms with E-state index in [9.17, 15) is 14.9 Å². The molecule has 0 aliphatic heterocycles. The predicted octanol–water partition coefficient (Wildman–Crippen LogP) is 3.18. The number of aryl methyl sites for hydroxylation is 1. The molecule has 20 heavy (non-hydrogen) atoms. The fraction of sp³-hybridized carbons (Fsp3) is 0.133. The van der Waals surface area contributed by atoms with Gasteiger partial charge >= 0.3 is 0 Å². The number of hydrogen-bond donors (Lipinski definition) is 0. The number of carbonyl (C=O) groups excluding carboxylic acids is 1. The lowest BCUT2D eigenvalue weighted by Gasteiger charge is -2.17. The maximum absolute atomic E-state index is 12.3. The van der Waals surface area contributed by atoms with Gasteiger partial charge in [0.15, 0.2) is 0 Å². The van der Waals surface area contributed by atoms with Gasteiger partial charge in [0.25, 0.3) is 11.6 Å². The molecule has 0 N–H and O–H groups in total. The summed E-state index contributed by atoms with van der Waals surface area (Å²) >= 11 is 0. The second kappa shape index (κ2) is 5.52. The summed E-state index contributed by atoms with van der Waals surface area (Å²) in [5.41, 5.74) is 1.48. The van der Waals surface area contributed by atoms with Gasteiger partial charge in [-0.3, -0.25) is 14.9 Å². The van der Waals surface area contributed by atoms with Crippen molar-refractivity contribution in [1.82, 2.24) is 0 Å². The summed E-state index contributed by atoms with van der Waals surface area (Å²) in [6, 6.07) is 13.5. The molecule has 0 aromatic heterocycles. The SMILES string of the molecule is Cc1ccc(N(C)C(=O)c2ccccc2)c([N+](=O)[O-])c1. The Labute approximate surface area is 116 Å². The average molecular weight is 270 g/mol. The van der Waals surface area contributed by atoms with Crippen LogP contribution in [0.3, 0.4) is 0 Å². The molecule has 1 amide bonds. The molecular weight excluding hydrogens is 256 g/mol. The second-order valence-corrected chi connectivity index (χ2v) is 4.48. The minimum atomic E-state index is -0.475. The van der Waals surface area contributed by atoms with Gasteiger partial charge in [-0.25, -0.2) is 0 Å². The minimum absolute atomic E-state index is 0.0724. The smallest absolute Gasteiger partial charge is 0.293 e. The first-order valence-electron chi connectivity index (χ1n) is 6.09. The molecular formula is C15H14N2O3. The van der Waals surface area contributed by atoms with Crippen LogP contribution in [0.5, 0.6) is 0 Å². The van der Waals surface area contributed by atoms with E-state index >= 15 is 0 Å². The van der Waals surface area contributed by atoms with Crippen molar-refractivity contribution in [2.75, 3.05) is 11.9 Å². The Hall–Kier alpha value is -2.69. The summed E-state index contributed by atoms with van der Waals surface area (Å²) in [5, 5.41) is 11.1. The highest BCUT2D eigenvalue weighted by molar-refractivity contribution is 6.06. The third-order valence-electron chi connectivity index (χ3n) is 3.01. The molecule has 0 unspecified atom stereocenters. The van der Waals surface area contributed by atoms with Crippen LogP contribution < -0.4 is 4.90 Å². The van der Waals surface area contributed by atoms with Gasteiger partial charge < -0.3 is 4.90 Å². The van der Waals surface area contributed by atoms with E-state index in [4.69, 9.17) is 0 Å². The number of nitro groups is 1. The monoisotopic (exact) mass is 270 g/mol. The Morgan fingerprint density at radius 3 is 2.40 bits per heavy atom. The predicted molar refractivity (Wildman–Crippen MR) is 77.0 cm³/mol. The number of carbonyl (C=O) groups is 1. The van der Waals surface area contributed by atoms with Crippen LogP contribution in [-0.2, 0) is 0 Å². The zero-order valence-electron chi connectivity index (χ0n) is 11.2. The molecule has 102 valence electrons. The molecule has 0 fully saturated rings. The van der Waals surface area contributed by atoms with E-state index in [-0.39, 0.29) is 17.3 Å². The van der Waals surface area contributed by atoms with Gasteiger partial charge in [-0.05, 0) is 30.7 Å². The first kappa shape index (κ1) is 13.7. The van der Waals surface area contributed by atoms with E-state index in [0.717, 1.165) is 5.56 Å². The molecule has 5 nitrogen and oxygen atoms in total. The fourth-order valence-corrected chi connectivity index (χ4v) is 1.95. The van der Waals surface area contributed by atoms with Gasteiger partial charge in [-0.15, -0.1) is 0 Å². The summed E-state index contributed by atoms with van der Waals surface area (Å²) in [5.74, 6) is -0.280. The molecule has 0 aliphatic carbocycles. The van der Waals surface area contributed by atoms with Crippen LogP contribution in [0.1, 0.15) is 15.9 Å². The van der Waals surface area contributed by atoms with Crippen LogP contribution in [0.4, 0.5) is 11.4 Å². The van der Waals surface area contributed by atoms with Gasteiger partial charge in [0.05, 0.1) is 4.92 Å². The number of amides is 1. The van der Waals surface area contributed by atoms with Crippen LogP contribution >= 0.6 is 0 Å². The molecule has 5 heteroatoms. The van der Waals surface area contributed by atoms with Gasteiger partial charge in [0, 0.05) is 18.7 Å². The highest BCUT2D eigenvalue weighted by Crippen LogP contribution is 2.29. The fourth-order valence-electron chi connectivity index (χ4n) is 1.95. The molecule has 2 aromatic rings. The lowest BCUT2D eigenvalue weighted by atomic mass is 10.1. The topological polar surface area (TPSA) is 63.5 Å². The van der Waals surface area contributed by atoms with Crippen molar-refractivity contribution in [1.29, 1.82) is 0 Å². The van der Waals surface area contributed by atoms with E-state index < -0.39 is 4.92 Å². The Morgan fingerprint density at radius 2 is 1.80 bits per heavy atom. The largest absolute Gasteiger partial charge is 0.305 e. The van der Waals surface area contributed by atoms with Gasteiger partial charge in [-0.2, -0.15) is 0 Å². The molecule has 0 bridgehead atoms. The van der Waals surface area contributed by atoms with Gasteiger partial charge in [0.2, 0.25) is 0 Å². The Kier molecular flexibility index (Phi) is 3.79. The number of nitrogens with zero attached hydrogens (tertiary/aromatic N) is 2. The maximum atomic E-state index is 12.3. The van der Waals surface area contributed by atoms with Crippen LogP contribution in [0.2, 0.25) is 0 Å². The second-order valence-electron chi connectivity index (χ2n) is 4.48. The van der Waals surface area contributed by atoms with Crippen LogP contribution in [-0.4, -0.2) is 17.9 Å². The number of benzene rings is 2. The maximum Gasteiger partial charge on any atom is 0.293 e. The summed E-state index contributed by atoms with van der Waals surface area (Å²) in [6.45, 7) is 1.77. The van der Waals surface area contributed by atoms with Crippen molar-refractivity contribution >= 4 is 17.3 Å². The average Bonchev–Trinajstić information content (AvgIpc) is 2.46. The molecule has 0 radical (unpaired) electrons. The first-order chi connectivity index (χ1) is 9.50. The van der Waals surface area contributed by atoms with E-state index in [1.54, 1.807) is 43.3 Å². The number of nitro benzene ring substituents is 1. The summed E-state index contributed by atoms with van der Waals surface area (Å²) < 4.78 is 0. The van der Waals surface area contributed by atoms with Crippen molar-refractivity contribution in [3.05, 3.63) is 69.8 Å². The number of anilines is 1. The molecule has 2 rings (SSSR count). The lowest BCUT2D eigenvalue weighted by Crippen LogP contribution is -2.26. The molecule has 0 spiro atoms. The normalized spacial score (nSPS) is 10.1. The van der Waals surface area contributed by atoms with Crippen molar-refractivity contribution in [3.63, 3.8) is 0 Å². The third kappa shape index (κ3) is 2.66. The van der Waals surface area contributed by atoms with E-state index in [0.29, 0.717) is 5.56 Å². The standard InChI is InChI=1S/C15H14N2O3/c1-11-8-9-13(14(10-11)17(19)20)16(2)15(18)12-6-4-3-5-7-12/h3-10H,1-2H3. The summed E-state index contributed by atoms with van der Waals surface area (Å²) in [7, 11) is 1.53. The number of rotatable bonds is 3. The third-order valence-corrected chi connectivity index (χ3v) is 3.01. The molecule has 0 saturated carbocycles. The Balaban J connectivity index is 2.41. The Bertz CT molecular complexity index is 653. The number of hydrogen-bond acceptors (Lipinski definition) is 3. The van der Waals surface area contributed by atoms with Gasteiger partial charge in [-0.1, -0.05) is 24.3 Å². The lowest BCUT2D eigenvalue weighted by molar-refractivity contribution is -0.384. The quantitative estimate of drug-likeness (QED) is 0.635. The van der Waals surface area contributed by atoms with Crippen LogP contribution in [0.25, 0.3) is 0 Å². The van der Waals surface area contributed by atoms with Crippen LogP contribution in [0.15, 0.2) is 48.5 Å². The van der Waals surface area contributed by atoms with Crippen molar-refractivity contribution in [2.24, 2.45) is 0 Å². The van der Waals surface area contributed by atoms with E-state index in [1.165, 1.54) is 18.0 Å². The summed E-state index contributed by atoms with van der Waals surface area (Å²) in [6.07, 6.45) is 0. The van der Waals surface area contributed by atoms with Crippen molar-refractivity contribution in [3.8, 4) is 0 Å². The summed E-state index contributed by atoms with van der Waals surface area (Å²) in [4.78, 5) is 24.2. The molecule has 0 atom stereocenters. The Morgan fingerprint density at radius 1 is 1.15 bits per heavy atom.